The monoisotopic (exact) mass is 596 g/mol. The normalized spacial score (nSPS) is 13.5. The van der Waals surface area contributed by atoms with Gasteiger partial charge >= 0.3 is 5.97 Å². The van der Waals surface area contributed by atoms with Crippen molar-refractivity contribution in [3.8, 4) is 0 Å². The van der Waals surface area contributed by atoms with Gasteiger partial charge in [-0.1, -0.05) is 60.7 Å². The molecule has 2 aromatic carbocycles. The number of carbonyl (C=O) groups is 4. The molecule has 0 aromatic heterocycles. The maximum Gasteiger partial charge on any atom is 0.326 e. The first-order valence-corrected chi connectivity index (χ1v) is 14.3. The second-order valence-corrected chi connectivity index (χ2v) is 10.2. The van der Waals surface area contributed by atoms with Crippen molar-refractivity contribution in [3.63, 3.8) is 0 Å². The largest absolute Gasteiger partial charge is 0.480 e. The van der Waals surface area contributed by atoms with Gasteiger partial charge in [-0.25, -0.2) is 4.79 Å². The number of amides is 3. The molecule has 4 unspecified atom stereocenters. The fraction of sp³-hybridized carbons (Fsp3) is 0.433. The van der Waals surface area contributed by atoms with E-state index >= 15 is 0 Å². The maximum atomic E-state index is 13.5. The highest BCUT2D eigenvalue weighted by molar-refractivity contribution is 5.94. The van der Waals surface area contributed by atoms with Gasteiger partial charge in [-0.3, -0.25) is 19.4 Å². The predicted molar refractivity (Wildman–Crippen MR) is 165 cm³/mol. The molecule has 13 heteroatoms. The molecular formula is C30H44N8O5. The van der Waals surface area contributed by atoms with Gasteiger partial charge in [0.25, 0.3) is 0 Å². The summed E-state index contributed by atoms with van der Waals surface area (Å²) in [7, 11) is 0. The van der Waals surface area contributed by atoms with Gasteiger partial charge in [-0.05, 0) is 56.2 Å². The molecule has 0 fully saturated rings. The Bertz CT molecular complexity index is 1190. The van der Waals surface area contributed by atoms with Crippen LogP contribution in [0, 0.1) is 0 Å². The lowest BCUT2D eigenvalue weighted by Crippen LogP contribution is -2.57. The number of benzene rings is 2. The molecule has 0 radical (unpaired) electrons. The summed E-state index contributed by atoms with van der Waals surface area (Å²) >= 11 is 0. The van der Waals surface area contributed by atoms with Crippen LogP contribution in [0.5, 0.6) is 0 Å². The van der Waals surface area contributed by atoms with E-state index in [0.717, 1.165) is 11.1 Å². The highest BCUT2D eigenvalue weighted by Gasteiger charge is 2.30. The number of aliphatic imine (C=N–C) groups is 1. The quantitative estimate of drug-likeness (QED) is 0.0592. The van der Waals surface area contributed by atoms with Gasteiger partial charge in [0.1, 0.15) is 18.1 Å². The molecule has 2 aromatic rings. The van der Waals surface area contributed by atoms with E-state index in [1.54, 1.807) is 24.3 Å². The van der Waals surface area contributed by atoms with E-state index in [4.69, 9.17) is 22.9 Å². The molecule has 13 nitrogen and oxygen atoms in total. The number of hydrogen-bond acceptors (Lipinski definition) is 7. The van der Waals surface area contributed by atoms with E-state index in [2.05, 4.69) is 20.9 Å². The van der Waals surface area contributed by atoms with Crippen molar-refractivity contribution in [2.24, 2.45) is 27.9 Å². The zero-order valence-electron chi connectivity index (χ0n) is 24.3. The van der Waals surface area contributed by atoms with Gasteiger partial charge in [0.2, 0.25) is 17.7 Å². The molecule has 0 aliphatic heterocycles. The summed E-state index contributed by atoms with van der Waals surface area (Å²) in [5.74, 6) is -3.12. The van der Waals surface area contributed by atoms with Crippen molar-refractivity contribution >= 4 is 29.7 Å². The highest BCUT2D eigenvalue weighted by Crippen LogP contribution is 2.09. The van der Waals surface area contributed by atoms with Gasteiger partial charge in [-0.2, -0.15) is 0 Å². The minimum absolute atomic E-state index is 0.0636. The Kier molecular flexibility index (Phi) is 15.2. The van der Waals surface area contributed by atoms with Crippen molar-refractivity contribution in [3.05, 3.63) is 71.8 Å². The van der Waals surface area contributed by atoms with Gasteiger partial charge in [0.05, 0.1) is 6.04 Å². The molecule has 0 aliphatic rings. The zero-order chi connectivity index (χ0) is 31.6. The number of nitrogens with zero attached hydrogens (tertiary/aromatic N) is 1. The summed E-state index contributed by atoms with van der Waals surface area (Å²) in [6.07, 6.45) is 2.16. The third-order valence-electron chi connectivity index (χ3n) is 6.69. The van der Waals surface area contributed by atoms with Crippen molar-refractivity contribution in [2.75, 3.05) is 13.1 Å². The Hall–Kier alpha value is -4.49. The van der Waals surface area contributed by atoms with Gasteiger partial charge < -0.3 is 44.0 Å². The average Bonchev–Trinajstić information content (AvgIpc) is 2.98. The molecule has 12 N–H and O–H groups in total. The lowest BCUT2D eigenvalue weighted by molar-refractivity contribution is -0.142. The van der Waals surface area contributed by atoms with E-state index in [0.29, 0.717) is 25.8 Å². The van der Waals surface area contributed by atoms with E-state index in [1.165, 1.54) is 0 Å². The van der Waals surface area contributed by atoms with Gasteiger partial charge in [0, 0.05) is 13.0 Å². The summed E-state index contributed by atoms with van der Waals surface area (Å²) in [6, 6.07) is 13.9. The fourth-order valence-electron chi connectivity index (χ4n) is 4.37. The van der Waals surface area contributed by atoms with Crippen LogP contribution >= 0.6 is 0 Å². The average molecular weight is 597 g/mol. The Labute approximate surface area is 251 Å². The van der Waals surface area contributed by atoms with Gasteiger partial charge in [0.15, 0.2) is 5.96 Å². The van der Waals surface area contributed by atoms with E-state index in [-0.39, 0.29) is 38.2 Å². The van der Waals surface area contributed by atoms with Crippen LogP contribution in [0.4, 0.5) is 0 Å². The molecule has 0 heterocycles. The van der Waals surface area contributed by atoms with Crippen molar-refractivity contribution < 1.29 is 24.3 Å². The predicted octanol–water partition coefficient (Wildman–Crippen LogP) is -0.479. The first kappa shape index (κ1) is 34.7. The van der Waals surface area contributed by atoms with Crippen LogP contribution in [0.1, 0.15) is 43.2 Å². The summed E-state index contributed by atoms with van der Waals surface area (Å²) in [6.45, 7) is 0.606. The summed E-state index contributed by atoms with van der Waals surface area (Å²) in [5.41, 5.74) is 24.1. The standard InChI is InChI=1S/C30H44N8O5/c31-16-8-7-14-23(28(41)38-25(29(42)43)19-21-12-5-2-6-13-21)37-27(40)24(15-9-17-35-30(33)34)36-26(39)22(32)18-20-10-3-1-4-11-20/h1-6,10-13,22-25H,7-9,14-19,31-32H2,(H,36,39)(H,37,40)(H,38,41)(H,42,43)(H4,33,34,35). The molecular weight excluding hydrogens is 552 g/mol. The number of rotatable bonds is 19. The summed E-state index contributed by atoms with van der Waals surface area (Å²) in [4.78, 5) is 55.6. The van der Waals surface area contributed by atoms with Crippen LogP contribution in [0.25, 0.3) is 0 Å². The van der Waals surface area contributed by atoms with Crippen molar-refractivity contribution in [1.82, 2.24) is 16.0 Å². The first-order valence-electron chi connectivity index (χ1n) is 14.3. The second-order valence-electron chi connectivity index (χ2n) is 10.2. The van der Waals surface area contributed by atoms with Crippen LogP contribution in [-0.2, 0) is 32.0 Å². The molecule has 0 saturated heterocycles. The van der Waals surface area contributed by atoms with Crippen LogP contribution in [0.3, 0.4) is 0 Å². The number of guanidine groups is 1. The highest BCUT2D eigenvalue weighted by atomic mass is 16.4. The van der Waals surface area contributed by atoms with Crippen LogP contribution in [0.2, 0.25) is 0 Å². The summed E-state index contributed by atoms with van der Waals surface area (Å²) in [5, 5.41) is 17.7. The van der Waals surface area contributed by atoms with E-state index in [9.17, 15) is 24.3 Å². The second kappa shape index (κ2) is 18.8. The van der Waals surface area contributed by atoms with Gasteiger partial charge in [-0.15, -0.1) is 0 Å². The number of aliphatic carboxylic acids is 1. The summed E-state index contributed by atoms with van der Waals surface area (Å²) < 4.78 is 0. The smallest absolute Gasteiger partial charge is 0.326 e. The van der Waals surface area contributed by atoms with Crippen molar-refractivity contribution in [2.45, 2.75) is 69.1 Å². The fourth-order valence-corrected chi connectivity index (χ4v) is 4.37. The Balaban J connectivity index is 2.17. The third-order valence-corrected chi connectivity index (χ3v) is 6.69. The third kappa shape index (κ3) is 13.4. The minimum Gasteiger partial charge on any atom is -0.480 e. The van der Waals surface area contributed by atoms with Crippen LogP contribution in [-0.4, -0.2) is 72.0 Å². The molecule has 0 bridgehead atoms. The van der Waals surface area contributed by atoms with Crippen LogP contribution in [0.15, 0.2) is 65.7 Å². The SMILES string of the molecule is NCCCCC(NC(=O)C(CCCN=C(N)N)NC(=O)C(N)Cc1ccccc1)C(=O)NC(Cc1ccccc1)C(=O)O. The lowest BCUT2D eigenvalue weighted by atomic mass is 10.0. The zero-order valence-corrected chi connectivity index (χ0v) is 24.3. The first-order chi connectivity index (χ1) is 20.6. The maximum absolute atomic E-state index is 13.5. The lowest BCUT2D eigenvalue weighted by Gasteiger charge is -2.25. The Morgan fingerprint density at radius 1 is 0.698 bits per heavy atom. The molecule has 43 heavy (non-hydrogen) atoms. The number of nitrogens with two attached hydrogens (primary N) is 4. The molecule has 3 amide bonds. The molecule has 0 aliphatic carbocycles. The minimum atomic E-state index is -1.21. The van der Waals surface area contributed by atoms with E-state index < -0.39 is 47.9 Å². The molecule has 234 valence electrons. The van der Waals surface area contributed by atoms with Crippen LogP contribution < -0.4 is 38.9 Å². The number of carboxylic acids is 1. The molecule has 4 atom stereocenters. The van der Waals surface area contributed by atoms with Crippen molar-refractivity contribution in [1.29, 1.82) is 0 Å². The number of unbranched alkanes of at least 4 members (excludes halogenated alkanes) is 1. The molecule has 0 saturated carbocycles. The molecule has 0 spiro atoms. The number of hydrogen-bond donors (Lipinski definition) is 8. The number of nitrogens with one attached hydrogen (secondary N) is 3. The van der Waals surface area contributed by atoms with E-state index in [1.807, 2.05) is 36.4 Å². The topological polar surface area (TPSA) is 241 Å². The Morgan fingerprint density at radius 3 is 1.70 bits per heavy atom. The number of carboxylic acid groups (broad SMARTS) is 1. The Morgan fingerprint density at radius 2 is 1.19 bits per heavy atom. The number of carbonyl (C=O) groups excluding carboxylic acids is 3. The molecule has 2 rings (SSSR count).